The van der Waals surface area contributed by atoms with E-state index in [1.165, 1.54) is 5.01 Å². The Kier molecular flexibility index (Phi) is 4.89. The molecule has 2 aliphatic heterocycles. The molecule has 0 bridgehead atoms. The first-order chi connectivity index (χ1) is 10.2. The van der Waals surface area contributed by atoms with Crippen LogP contribution in [0.2, 0.25) is 0 Å². The summed E-state index contributed by atoms with van der Waals surface area (Å²) in [6.07, 6.45) is 0.874. The molecule has 0 unspecified atom stereocenters. The molecule has 0 radical (unpaired) electrons. The van der Waals surface area contributed by atoms with E-state index in [0.29, 0.717) is 24.5 Å². The minimum Gasteiger partial charge on any atom is -0.348 e. The Balaban J connectivity index is 2.11. The van der Waals surface area contributed by atoms with Gasteiger partial charge in [0.1, 0.15) is 5.71 Å². The van der Waals surface area contributed by atoms with Crippen molar-refractivity contribution in [3.05, 3.63) is 0 Å². The topological polar surface area (TPSA) is 95.9 Å². The normalized spacial score (nSPS) is 26.0. The van der Waals surface area contributed by atoms with Gasteiger partial charge in [-0.25, -0.2) is 13.4 Å². The van der Waals surface area contributed by atoms with Crippen LogP contribution in [0, 0.1) is 5.92 Å². The standard InChI is InChI=1S/C14H23N3O4S/c1-9(2)10(3)15-14(19)12-4-5-13(18)17(16-12)11-6-7-22(20,21)8-11/h9-11H,4-8H2,1-3H3,(H,15,19)/t10-,11-/m1/s1. The number of sulfone groups is 1. The van der Waals surface area contributed by atoms with Crippen molar-refractivity contribution >= 4 is 27.4 Å². The van der Waals surface area contributed by atoms with E-state index in [1.807, 2.05) is 20.8 Å². The third-order valence-corrected chi connectivity index (χ3v) is 5.99. The predicted octanol–water partition coefficient (Wildman–Crippen LogP) is 0.313. The van der Waals surface area contributed by atoms with Crippen LogP contribution in [-0.2, 0) is 19.4 Å². The summed E-state index contributed by atoms with van der Waals surface area (Å²) in [5, 5.41) is 8.22. The number of amides is 2. The van der Waals surface area contributed by atoms with Crippen molar-refractivity contribution in [3.63, 3.8) is 0 Å². The van der Waals surface area contributed by atoms with Crippen LogP contribution in [0.5, 0.6) is 0 Å². The zero-order valence-corrected chi connectivity index (χ0v) is 14.0. The van der Waals surface area contributed by atoms with Gasteiger partial charge in [0.05, 0.1) is 17.5 Å². The lowest BCUT2D eigenvalue weighted by atomic mass is 10.1. The Morgan fingerprint density at radius 3 is 2.55 bits per heavy atom. The van der Waals surface area contributed by atoms with Gasteiger partial charge in [-0.3, -0.25) is 9.59 Å². The fourth-order valence-electron chi connectivity index (χ4n) is 2.44. The van der Waals surface area contributed by atoms with Gasteiger partial charge in [0.25, 0.3) is 5.91 Å². The summed E-state index contributed by atoms with van der Waals surface area (Å²) in [4.78, 5) is 24.2. The van der Waals surface area contributed by atoms with Crippen molar-refractivity contribution in [1.29, 1.82) is 0 Å². The Morgan fingerprint density at radius 1 is 1.32 bits per heavy atom. The Bertz CT molecular complexity index is 597. The molecule has 7 nitrogen and oxygen atoms in total. The number of hydrogen-bond acceptors (Lipinski definition) is 5. The van der Waals surface area contributed by atoms with E-state index in [0.717, 1.165) is 0 Å². The van der Waals surface area contributed by atoms with Gasteiger partial charge in [-0.05, 0) is 19.3 Å². The number of hydrogen-bond donors (Lipinski definition) is 1. The first kappa shape index (κ1) is 16.9. The molecule has 124 valence electrons. The summed E-state index contributed by atoms with van der Waals surface area (Å²) in [5.41, 5.74) is 0.302. The summed E-state index contributed by atoms with van der Waals surface area (Å²) in [5.74, 6) is -0.191. The van der Waals surface area contributed by atoms with Gasteiger partial charge in [0.15, 0.2) is 9.84 Å². The molecule has 1 fully saturated rings. The number of rotatable bonds is 4. The lowest BCUT2D eigenvalue weighted by Crippen LogP contribution is -2.46. The van der Waals surface area contributed by atoms with Crippen LogP contribution < -0.4 is 5.32 Å². The first-order valence-corrected chi connectivity index (χ1v) is 9.42. The smallest absolute Gasteiger partial charge is 0.267 e. The SMILES string of the molecule is CC(C)[C@@H](C)NC(=O)C1=NN([C@@H]2CCS(=O)(=O)C2)C(=O)CC1. The maximum atomic E-state index is 12.2. The van der Waals surface area contributed by atoms with Crippen LogP contribution in [0.3, 0.4) is 0 Å². The van der Waals surface area contributed by atoms with E-state index in [4.69, 9.17) is 0 Å². The monoisotopic (exact) mass is 329 g/mol. The van der Waals surface area contributed by atoms with E-state index in [2.05, 4.69) is 10.4 Å². The van der Waals surface area contributed by atoms with Gasteiger partial charge in [-0.2, -0.15) is 5.10 Å². The predicted molar refractivity (Wildman–Crippen MR) is 83.0 cm³/mol. The lowest BCUT2D eigenvalue weighted by molar-refractivity contribution is -0.133. The zero-order valence-electron chi connectivity index (χ0n) is 13.2. The van der Waals surface area contributed by atoms with E-state index < -0.39 is 15.9 Å². The molecule has 0 aromatic carbocycles. The highest BCUT2D eigenvalue weighted by molar-refractivity contribution is 7.91. The number of carbonyl (C=O) groups excluding carboxylic acids is 2. The van der Waals surface area contributed by atoms with Crippen LogP contribution in [0.1, 0.15) is 40.0 Å². The molecule has 1 saturated heterocycles. The summed E-state index contributed by atoms with van der Waals surface area (Å²) < 4.78 is 23.1. The zero-order chi connectivity index (χ0) is 16.5. The van der Waals surface area contributed by atoms with Crippen molar-refractivity contribution in [1.82, 2.24) is 10.3 Å². The fourth-order valence-corrected chi connectivity index (χ4v) is 4.14. The summed E-state index contributed by atoms with van der Waals surface area (Å²) >= 11 is 0. The van der Waals surface area contributed by atoms with Crippen LogP contribution in [-0.4, -0.2) is 54.5 Å². The number of nitrogens with zero attached hydrogens (tertiary/aromatic N) is 2. The van der Waals surface area contributed by atoms with Crippen molar-refractivity contribution < 1.29 is 18.0 Å². The van der Waals surface area contributed by atoms with Gasteiger partial charge < -0.3 is 5.32 Å². The molecule has 2 amide bonds. The number of hydrazone groups is 1. The minimum absolute atomic E-state index is 0.00753. The molecule has 0 spiro atoms. The van der Waals surface area contributed by atoms with Gasteiger partial charge in [-0.15, -0.1) is 0 Å². The summed E-state index contributed by atoms with van der Waals surface area (Å²) in [6, 6.07) is -0.434. The van der Waals surface area contributed by atoms with E-state index in [9.17, 15) is 18.0 Å². The van der Waals surface area contributed by atoms with Crippen LogP contribution in [0.25, 0.3) is 0 Å². The number of nitrogens with one attached hydrogen (secondary N) is 1. The Labute approximate surface area is 131 Å². The maximum absolute atomic E-state index is 12.2. The maximum Gasteiger partial charge on any atom is 0.267 e. The Hall–Kier alpha value is -1.44. The molecule has 2 atom stereocenters. The van der Waals surface area contributed by atoms with Crippen LogP contribution in [0.4, 0.5) is 0 Å². The molecule has 2 aliphatic rings. The molecule has 2 rings (SSSR count). The second-order valence-electron chi connectivity index (χ2n) is 6.35. The fraction of sp³-hybridized carbons (Fsp3) is 0.786. The molecule has 0 aromatic heterocycles. The Morgan fingerprint density at radius 2 is 2.00 bits per heavy atom. The van der Waals surface area contributed by atoms with E-state index >= 15 is 0 Å². The summed E-state index contributed by atoms with van der Waals surface area (Å²) in [6.45, 7) is 5.93. The highest BCUT2D eigenvalue weighted by Crippen LogP contribution is 2.22. The van der Waals surface area contributed by atoms with E-state index in [-0.39, 0.29) is 35.8 Å². The number of carbonyl (C=O) groups is 2. The van der Waals surface area contributed by atoms with Crippen molar-refractivity contribution in [2.45, 2.75) is 52.1 Å². The quantitative estimate of drug-likeness (QED) is 0.803. The first-order valence-electron chi connectivity index (χ1n) is 7.60. The average Bonchev–Trinajstić information content (AvgIpc) is 2.79. The third kappa shape index (κ3) is 3.85. The lowest BCUT2D eigenvalue weighted by Gasteiger charge is -2.28. The van der Waals surface area contributed by atoms with E-state index in [1.54, 1.807) is 0 Å². The molecule has 8 heteroatoms. The minimum atomic E-state index is -3.10. The molecule has 0 aromatic rings. The molecule has 22 heavy (non-hydrogen) atoms. The molecular formula is C14H23N3O4S. The molecule has 1 N–H and O–H groups in total. The van der Waals surface area contributed by atoms with Gasteiger partial charge >= 0.3 is 0 Å². The van der Waals surface area contributed by atoms with Crippen molar-refractivity contribution in [3.8, 4) is 0 Å². The van der Waals surface area contributed by atoms with Crippen molar-refractivity contribution in [2.75, 3.05) is 11.5 Å². The molecule has 2 heterocycles. The summed E-state index contributed by atoms with van der Waals surface area (Å²) in [7, 11) is -3.10. The highest BCUT2D eigenvalue weighted by atomic mass is 32.2. The molecule has 0 saturated carbocycles. The highest BCUT2D eigenvalue weighted by Gasteiger charge is 2.37. The van der Waals surface area contributed by atoms with Crippen LogP contribution in [0.15, 0.2) is 5.10 Å². The average molecular weight is 329 g/mol. The second kappa shape index (κ2) is 6.36. The largest absolute Gasteiger partial charge is 0.348 e. The van der Waals surface area contributed by atoms with Gasteiger partial charge in [0, 0.05) is 18.9 Å². The van der Waals surface area contributed by atoms with Gasteiger partial charge in [0.2, 0.25) is 5.91 Å². The van der Waals surface area contributed by atoms with Crippen LogP contribution >= 0.6 is 0 Å². The molecular weight excluding hydrogens is 306 g/mol. The van der Waals surface area contributed by atoms with Gasteiger partial charge in [-0.1, -0.05) is 13.8 Å². The third-order valence-electron chi connectivity index (χ3n) is 4.23. The molecule has 0 aliphatic carbocycles. The van der Waals surface area contributed by atoms with Crippen molar-refractivity contribution in [2.24, 2.45) is 11.0 Å². The second-order valence-corrected chi connectivity index (χ2v) is 8.58.